The van der Waals surface area contributed by atoms with Gasteiger partial charge in [0.15, 0.2) is 6.10 Å². The first-order valence-corrected chi connectivity index (χ1v) is 24.9. The van der Waals surface area contributed by atoms with Gasteiger partial charge in [0, 0.05) is 24.9 Å². The lowest BCUT2D eigenvalue weighted by molar-refractivity contribution is -0.161. The molecule has 56 heavy (non-hydrogen) atoms. The average Bonchev–Trinajstić information content (AvgIpc) is 3.17. The summed E-state index contributed by atoms with van der Waals surface area (Å²) in [6.07, 6.45) is 36.9. The summed E-state index contributed by atoms with van der Waals surface area (Å²) >= 11 is 0. The number of hydrogen-bond donors (Lipinski definition) is 0. The summed E-state index contributed by atoms with van der Waals surface area (Å²) in [7, 11) is -1.49. The maximum Gasteiger partial charge on any atom is 0.306 e. The molecule has 8 nitrogen and oxygen atoms in total. The van der Waals surface area contributed by atoms with Crippen molar-refractivity contribution in [2.75, 3.05) is 26.4 Å². The third-order valence-corrected chi connectivity index (χ3v) is 12.5. The van der Waals surface area contributed by atoms with Crippen LogP contribution in [-0.2, 0) is 28.1 Å². The number of carbonyl (C=O) groups excluding carboxylic acids is 2. The number of ether oxygens (including phenoxy) is 2. The van der Waals surface area contributed by atoms with Crippen LogP contribution in [0.3, 0.4) is 0 Å². The molecule has 0 aromatic rings. The maximum atomic E-state index is 13.0. The Bertz CT molecular complexity index is 906. The van der Waals surface area contributed by atoms with E-state index in [2.05, 4.69) is 51.1 Å². The van der Waals surface area contributed by atoms with Gasteiger partial charge in [0.1, 0.15) is 13.2 Å². The lowest BCUT2D eigenvalue weighted by Gasteiger charge is -2.35. The molecule has 0 saturated heterocycles. The first-order valence-electron chi connectivity index (χ1n) is 23.8. The van der Waals surface area contributed by atoms with Crippen LogP contribution in [0, 0.1) is 6.57 Å². The van der Waals surface area contributed by atoms with E-state index in [-0.39, 0.29) is 50.4 Å². The van der Waals surface area contributed by atoms with Gasteiger partial charge in [-0.2, -0.15) is 0 Å². The Kier molecular flexibility index (Phi) is 40.9. The van der Waals surface area contributed by atoms with E-state index in [1.165, 1.54) is 148 Å². The Balaban J connectivity index is 4.63. The van der Waals surface area contributed by atoms with E-state index in [1.807, 2.05) is 0 Å². The number of carbonyl (C=O) groups is 2. The highest BCUT2D eigenvalue weighted by atomic mass is 31.2. The molecule has 0 aliphatic rings. The molecule has 0 fully saturated rings. The van der Waals surface area contributed by atoms with Crippen molar-refractivity contribution in [3.63, 3.8) is 0 Å². The number of hydrogen-bond acceptors (Lipinski definition) is 7. The second-order valence-electron chi connectivity index (χ2n) is 16.7. The number of rotatable bonds is 43. The van der Waals surface area contributed by atoms with Crippen LogP contribution < -0.4 is 0 Å². The number of esters is 2. The van der Waals surface area contributed by atoms with Crippen LogP contribution >= 0.6 is 8.53 Å². The van der Waals surface area contributed by atoms with Crippen molar-refractivity contribution in [2.24, 2.45) is 0 Å². The van der Waals surface area contributed by atoms with E-state index >= 15 is 0 Å². The molecule has 0 aliphatic heterocycles. The molecule has 330 valence electrons. The fourth-order valence-corrected chi connectivity index (χ4v) is 8.81. The van der Waals surface area contributed by atoms with Crippen molar-refractivity contribution in [2.45, 2.75) is 259 Å². The predicted molar refractivity (Wildman–Crippen MR) is 238 cm³/mol. The molecule has 0 rings (SSSR count). The first kappa shape index (κ1) is 54.7. The molecule has 0 bridgehead atoms. The molecule has 0 saturated carbocycles. The van der Waals surface area contributed by atoms with Crippen LogP contribution in [0.15, 0.2) is 0 Å². The second-order valence-corrected chi connectivity index (χ2v) is 18.1. The third kappa shape index (κ3) is 35.9. The lowest BCUT2D eigenvalue weighted by Crippen LogP contribution is -2.35. The van der Waals surface area contributed by atoms with Crippen molar-refractivity contribution in [3.8, 4) is 0 Å². The number of unbranched alkanes of at least 4 members (excludes halogenated alkanes) is 27. The summed E-state index contributed by atoms with van der Waals surface area (Å²) in [6, 6.07) is 0.311. The van der Waals surface area contributed by atoms with Crippen molar-refractivity contribution in [3.05, 3.63) is 11.4 Å². The smallest absolute Gasteiger partial charge is 0.306 e. The molecule has 2 unspecified atom stereocenters. The Labute approximate surface area is 348 Å². The summed E-state index contributed by atoms with van der Waals surface area (Å²) in [5.74, 6) is -0.534. The van der Waals surface area contributed by atoms with Gasteiger partial charge in [-0.05, 0) is 40.5 Å². The maximum absolute atomic E-state index is 13.0. The van der Waals surface area contributed by atoms with E-state index in [4.69, 9.17) is 25.1 Å². The highest BCUT2D eigenvalue weighted by molar-refractivity contribution is 7.44. The largest absolute Gasteiger partial charge is 0.462 e. The van der Waals surface area contributed by atoms with Crippen molar-refractivity contribution in [1.29, 1.82) is 0 Å². The van der Waals surface area contributed by atoms with Crippen LogP contribution in [0.2, 0.25) is 0 Å². The van der Waals surface area contributed by atoms with Crippen LogP contribution in [0.1, 0.15) is 241 Å². The van der Waals surface area contributed by atoms with Gasteiger partial charge in [0.2, 0.25) is 6.54 Å². The van der Waals surface area contributed by atoms with Crippen LogP contribution in [-0.4, -0.2) is 61.2 Å². The summed E-state index contributed by atoms with van der Waals surface area (Å²) in [5, 5.41) is 0. The standard InChI is InChI=1S/C47H91N2O6P/c1-8-10-12-14-16-18-20-22-24-26-28-30-32-34-36-38-47(51)55-45(42-54-56(53-40-39-48-7)49(43(3)4)44(5)6)41-52-46(50)37-35-33-31-29-27-25-23-21-19-17-15-13-11-9-2/h43-45H,8-42H2,1-6H3. The average molecular weight is 811 g/mol. The first-order chi connectivity index (χ1) is 27.3. The van der Waals surface area contributed by atoms with E-state index in [0.29, 0.717) is 12.8 Å². The minimum absolute atomic E-state index is 0.0311. The van der Waals surface area contributed by atoms with E-state index in [1.54, 1.807) is 0 Å². The molecule has 0 amide bonds. The third-order valence-electron chi connectivity index (χ3n) is 10.5. The molecule has 0 aliphatic carbocycles. The van der Waals surface area contributed by atoms with Crippen molar-refractivity contribution in [1.82, 2.24) is 4.67 Å². The summed E-state index contributed by atoms with van der Waals surface area (Å²) in [5.41, 5.74) is 0. The summed E-state index contributed by atoms with van der Waals surface area (Å²) in [6.45, 7) is 20.6. The molecule has 9 heteroatoms. The van der Waals surface area contributed by atoms with Crippen LogP contribution in [0.4, 0.5) is 0 Å². The van der Waals surface area contributed by atoms with Crippen LogP contribution in [0.5, 0.6) is 0 Å². The topological polar surface area (TPSA) is 78.7 Å². The van der Waals surface area contributed by atoms with E-state index in [9.17, 15) is 9.59 Å². The van der Waals surface area contributed by atoms with Gasteiger partial charge in [-0.1, -0.05) is 187 Å². The molecule has 0 aromatic carbocycles. The van der Waals surface area contributed by atoms with Gasteiger partial charge < -0.3 is 23.4 Å². The zero-order valence-electron chi connectivity index (χ0n) is 37.8. The highest BCUT2D eigenvalue weighted by Crippen LogP contribution is 2.46. The van der Waals surface area contributed by atoms with Gasteiger partial charge in [0.05, 0.1) is 6.61 Å². The molecule has 2 atom stereocenters. The van der Waals surface area contributed by atoms with Crippen molar-refractivity contribution < 1.29 is 28.1 Å². The Morgan fingerprint density at radius 3 is 1.23 bits per heavy atom. The number of nitrogens with zero attached hydrogens (tertiary/aromatic N) is 2. The molecule has 0 heterocycles. The minimum atomic E-state index is -1.49. The Hall–Kier alpha value is -1.26. The fraction of sp³-hybridized carbons (Fsp3) is 0.936. The van der Waals surface area contributed by atoms with Gasteiger partial charge in [-0.15, -0.1) is 0 Å². The second kappa shape index (κ2) is 41.9. The van der Waals surface area contributed by atoms with Gasteiger partial charge in [-0.25, -0.2) is 11.2 Å². The monoisotopic (exact) mass is 811 g/mol. The van der Waals surface area contributed by atoms with E-state index < -0.39 is 14.6 Å². The zero-order valence-corrected chi connectivity index (χ0v) is 38.7. The zero-order chi connectivity index (χ0) is 41.3. The van der Waals surface area contributed by atoms with Crippen LogP contribution in [0.25, 0.3) is 4.85 Å². The highest BCUT2D eigenvalue weighted by Gasteiger charge is 2.29. The molecule has 0 N–H and O–H groups in total. The minimum Gasteiger partial charge on any atom is -0.462 e. The predicted octanol–water partition coefficient (Wildman–Crippen LogP) is 14.9. The Morgan fingerprint density at radius 1 is 0.518 bits per heavy atom. The quantitative estimate of drug-likeness (QED) is 0.0263. The summed E-state index contributed by atoms with van der Waals surface area (Å²) < 4.78 is 26.0. The van der Waals surface area contributed by atoms with Gasteiger partial charge >= 0.3 is 11.9 Å². The molecular formula is C47H91N2O6P. The molecule has 0 spiro atoms. The van der Waals surface area contributed by atoms with Gasteiger partial charge in [-0.3, -0.25) is 9.59 Å². The Morgan fingerprint density at radius 2 is 0.875 bits per heavy atom. The van der Waals surface area contributed by atoms with Crippen molar-refractivity contribution >= 4 is 20.5 Å². The molecule has 0 aromatic heterocycles. The van der Waals surface area contributed by atoms with E-state index in [0.717, 1.165) is 38.5 Å². The fourth-order valence-electron chi connectivity index (χ4n) is 7.18. The summed E-state index contributed by atoms with van der Waals surface area (Å²) in [4.78, 5) is 29.1. The molecule has 0 radical (unpaired) electrons. The SMILES string of the molecule is [C-]#[N+]CCOP(OCC(COC(=O)CCCCCCCCCCCCCCCC)OC(=O)CCCCCCCCCCCCCCCCC)N(C(C)C)C(C)C. The lowest BCUT2D eigenvalue weighted by atomic mass is 10.0. The van der Waals surface area contributed by atoms with Gasteiger partial charge in [0.25, 0.3) is 8.53 Å². The normalized spacial score (nSPS) is 12.7. The molecular weight excluding hydrogens is 719 g/mol.